The molecule has 0 spiro atoms. The number of nitrogens with zero attached hydrogens (tertiary/aromatic N) is 1. The predicted octanol–water partition coefficient (Wildman–Crippen LogP) is -0.0422. The van der Waals surface area contributed by atoms with E-state index in [1.807, 2.05) is 0 Å². The third-order valence-corrected chi connectivity index (χ3v) is 2.12. The van der Waals surface area contributed by atoms with E-state index in [1.165, 1.54) is 6.42 Å². The van der Waals surface area contributed by atoms with Gasteiger partial charge in [-0.05, 0) is 6.42 Å². The van der Waals surface area contributed by atoms with E-state index in [0.717, 1.165) is 13.1 Å². The number of hydrogen-bond acceptors (Lipinski definition) is 2. The molecular formula is C7H12N2. The third-order valence-electron chi connectivity index (χ3n) is 2.12. The Morgan fingerprint density at radius 3 is 2.33 bits per heavy atom. The highest BCUT2D eigenvalue weighted by Gasteiger charge is 2.38. The van der Waals surface area contributed by atoms with Gasteiger partial charge in [-0.2, -0.15) is 0 Å². The van der Waals surface area contributed by atoms with Crippen LogP contribution < -0.4 is 5.73 Å². The normalized spacial score (nSPS) is 41.9. The minimum Gasteiger partial charge on any atom is -0.326 e. The maximum absolute atomic E-state index is 5.68. The molecule has 2 nitrogen and oxygen atoms in total. The molecule has 0 amide bonds. The van der Waals surface area contributed by atoms with E-state index in [2.05, 4.69) is 17.1 Å². The van der Waals surface area contributed by atoms with Crippen LogP contribution in [-0.4, -0.2) is 30.1 Å². The van der Waals surface area contributed by atoms with Crippen LogP contribution in [0.1, 0.15) is 6.42 Å². The Kier molecular flexibility index (Phi) is 1.10. The molecule has 0 aromatic carbocycles. The molecule has 1 aliphatic heterocycles. The van der Waals surface area contributed by atoms with Gasteiger partial charge in [0.2, 0.25) is 0 Å². The van der Waals surface area contributed by atoms with E-state index in [0.29, 0.717) is 12.1 Å². The van der Waals surface area contributed by atoms with Gasteiger partial charge in [-0.25, -0.2) is 0 Å². The summed E-state index contributed by atoms with van der Waals surface area (Å²) in [6.45, 7) is 2.25. The lowest BCUT2D eigenvalue weighted by molar-refractivity contribution is 0.336. The second-order valence-electron chi connectivity index (χ2n) is 2.89. The largest absolute Gasteiger partial charge is 0.326 e. The molecule has 2 N–H and O–H groups in total. The first-order valence-electron chi connectivity index (χ1n) is 3.52. The first-order chi connectivity index (χ1) is 4.38. The van der Waals surface area contributed by atoms with Gasteiger partial charge in [-0.15, -0.1) is 0 Å². The second kappa shape index (κ2) is 1.82. The summed E-state index contributed by atoms with van der Waals surface area (Å²) in [7, 11) is 0. The van der Waals surface area contributed by atoms with Crippen LogP contribution >= 0.6 is 0 Å². The Hall–Kier alpha value is -0.340. The van der Waals surface area contributed by atoms with Crippen LogP contribution in [0.3, 0.4) is 0 Å². The molecule has 1 heterocycles. The minimum atomic E-state index is 0.477. The highest BCUT2D eigenvalue weighted by atomic mass is 15.2. The first kappa shape index (κ1) is 5.45. The molecule has 2 aliphatic rings. The lowest BCUT2D eigenvalue weighted by Gasteiger charge is -2.12. The van der Waals surface area contributed by atoms with Gasteiger partial charge in [0.25, 0.3) is 0 Å². The van der Waals surface area contributed by atoms with Gasteiger partial charge in [-0.1, -0.05) is 12.2 Å². The molecule has 0 aromatic heterocycles. The van der Waals surface area contributed by atoms with Crippen LogP contribution in [0.4, 0.5) is 0 Å². The Labute approximate surface area is 55.3 Å². The van der Waals surface area contributed by atoms with Gasteiger partial charge in [-0.3, -0.25) is 4.90 Å². The maximum Gasteiger partial charge on any atom is 0.0269 e. The van der Waals surface area contributed by atoms with Gasteiger partial charge in [0.1, 0.15) is 0 Å². The van der Waals surface area contributed by atoms with Crippen molar-refractivity contribution in [1.82, 2.24) is 4.90 Å². The smallest absolute Gasteiger partial charge is 0.0269 e. The zero-order valence-corrected chi connectivity index (χ0v) is 5.46. The SMILES string of the molecule is NC1CC1N1CC=CC1. The van der Waals surface area contributed by atoms with E-state index in [1.54, 1.807) is 0 Å². The second-order valence-corrected chi connectivity index (χ2v) is 2.89. The van der Waals surface area contributed by atoms with Crippen molar-refractivity contribution < 1.29 is 0 Å². The first-order valence-corrected chi connectivity index (χ1v) is 3.52. The van der Waals surface area contributed by atoms with Gasteiger partial charge in [0.05, 0.1) is 0 Å². The summed E-state index contributed by atoms with van der Waals surface area (Å²) in [4.78, 5) is 2.42. The lowest BCUT2D eigenvalue weighted by atomic mass is 10.5. The summed E-state index contributed by atoms with van der Waals surface area (Å²) in [5.74, 6) is 0. The van der Waals surface area contributed by atoms with E-state index < -0.39 is 0 Å². The van der Waals surface area contributed by atoms with Crippen LogP contribution in [0.2, 0.25) is 0 Å². The molecule has 0 saturated heterocycles. The van der Waals surface area contributed by atoms with Gasteiger partial charge in [0.15, 0.2) is 0 Å². The molecule has 2 unspecified atom stereocenters. The van der Waals surface area contributed by atoms with Crippen LogP contribution in [0.5, 0.6) is 0 Å². The van der Waals surface area contributed by atoms with Gasteiger partial charge >= 0.3 is 0 Å². The standard InChI is InChI=1S/C7H12N2/c8-6-5-7(6)9-3-1-2-4-9/h1-2,6-7H,3-5,8H2. The van der Waals surface area contributed by atoms with E-state index in [-0.39, 0.29) is 0 Å². The molecule has 2 rings (SSSR count). The highest BCUT2D eigenvalue weighted by molar-refractivity contribution is 5.06. The summed E-state index contributed by atoms with van der Waals surface area (Å²) in [5, 5.41) is 0. The summed E-state index contributed by atoms with van der Waals surface area (Å²) >= 11 is 0. The average molecular weight is 124 g/mol. The quantitative estimate of drug-likeness (QED) is 0.497. The van der Waals surface area contributed by atoms with Crippen molar-refractivity contribution >= 4 is 0 Å². The zero-order valence-electron chi connectivity index (χ0n) is 5.46. The fraction of sp³-hybridized carbons (Fsp3) is 0.714. The van der Waals surface area contributed by atoms with Crippen molar-refractivity contribution in [2.24, 2.45) is 5.73 Å². The fourth-order valence-corrected chi connectivity index (χ4v) is 1.39. The molecule has 0 bridgehead atoms. The Bertz CT molecular complexity index is 134. The van der Waals surface area contributed by atoms with E-state index in [4.69, 9.17) is 5.73 Å². The summed E-state index contributed by atoms with van der Waals surface area (Å²) < 4.78 is 0. The number of rotatable bonds is 1. The van der Waals surface area contributed by atoms with Crippen molar-refractivity contribution in [3.05, 3.63) is 12.2 Å². The monoisotopic (exact) mass is 124 g/mol. The van der Waals surface area contributed by atoms with Crippen molar-refractivity contribution in [1.29, 1.82) is 0 Å². The van der Waals surface area contributed by atoms with Crippen molar-refractivity contribution in [2.75, 3.05) is 13.1 Å². The predicted molar refractivity (Wildman–Crippen MR) is 37.1 cm³/mol. The molecule has 1 saturated carbocycles. The summed E-state index contributed by atoms with van der Waals surface area (Å²) in [5.41, 5.74) is 5.68. The van der Waals surface area contributed by atoms with Crippen molar-refractivity contribution in [2.45, 2.75) is 18.5 Å². The number of nitrogens with two attached hydrogens (primary N) is 1. The van der Waals surface area contributed by atoms with Crippen LogP contribution in [0, 0.1) is 0 Å². The van der Waals surface area contributed by atoms with Crippen molar-refractivity contribution in [3.8, 4) is 0 Å². The van der Waals surface area contributed by atoms with Crippen LogP contribution in [0.25, 0.3) is 0 Å². The molecule has 0 aromatic rings. The fourth-order valence-electron chi connectivity index (χ4n) is 1.39. The third kappa shape index (κ3) is 0.884. The Morgan fingerprint density at radius 1 is 1.33 bits per heavy atom. The average Bonchev–Trinajstić information content (AvgIpc) is 2.44. The minimum absolute atomic E-state index is 0.477. The number of hydrogen-bond donors (Lipinski definition) is 1. The molecule has 0 radical (unpaired) electrons. The molecular weight excluding hydrogens is 112 g/mol. The molecule has 2 atom stereocenters. The van der Waals surface area contributed by atoms with E-state index in [9.17, 15) is 0 Å². The van der Waals surface area contributed by atoms with Crippen LogP contribution in [0.15, 0.2) is 12.2 Å². The highest BCUT2D eigenvalue weighted by Crippen LogP contribution is 2.26. The Balaban J connectivity index is 1.87. The summed E-state index contributed by atoms with van der Waals surface area (Å²) in [6.07, 6.45) is 5.64. The lowest BCUT2D eigenvalue weighted by Crippen LogP contribution is -2.27. The topological polar surface area (TPSA) is 29.3 Å². The molecule has 9 heavy (non-hydrogen) atoms. The molecule has 50 valence electrons. The van der Waals surface area contributed by atoms with E-state index >= 15 is 0 Å². The van der Waals surface area contributed by atoms with Crippen molar-refractivity contribution in [3.63, 3.8) is 0 Å². The molecule has 1 fully saturated rings. The maximum atomic E-state index is 5.68. The zero-order chi connectivity index (χ0) is 6.27. The Morgan fingerprint density at radius 2 is 1.89 bits per heavy atom. The molecule has 2 heteroatoms. The van der Waals surface area contributed by atoms with Gasteiger partial charge in [0, 0.05) is 25.2 Å². The summed E-state index contributed by atoms with van der Waals surface area (Å²) in [6, 6.07) is 1.19. The van der Waals surface area contributed by atoms with Gasteiger partial charge < -0.3 is 5.73 Å². The van der Waals surface area contributed by atoms with Crippen LogP contribution in [-0.2, 0) is 0 Å². The molecule has 1 aliphatic carbocycles.